The Morgan fingerprint density at radius 2 is 2.00 bits per heavy atom. The first-order valence-electron chi connectivity index (χ1n) is 5.06. The average molecular weight is 250 g/mol. The summed E-state index contributed by atoms with van der Waals surface area (Å²) in [5.41, 5.74) is 7.77. The molecule has 5 heteroatoms. The maximum atomic E-state index is 6.14. The lowest BCUT2D eigenvalue weighted by Gasteiger charge is -2.15. The van der Waals surface area contributed by atoms with Crippen LogP contribution >= 0.6 is 11.6 Å². The molecule has 88 valence electrons. The van der Waals surface area contributed by atoms with Gasteiger partial charge in [0.05, 0.1) is 13.2 Å². The van der Waals surface area contributed by atoms with Crippen LogP contribution in [0.2, 0.25) is 5.02 Å². The topological polar surface area (TPSA) is 61.0 Å². The van der Waals surface area contributed by atoms with Crippen molar-refractivity contribution < 1.29 is 4.74 Å². The van der Waals surface area contributed by atoms with Gasteiger partial charge in [-0.15, -0.1) is 0 Å². The van der Waals surface area contributed by atoms with E-state index in [0.717, 1.165) is 11.1 Å². The van der Waals surface area contributed by atoms with Crippen LogP contribution in [-0.2, 0) is 0 Å². The summed E-state index contributed by atoms with van der Waals surface area (Å²) in [7, 11) is 1.60. The molecule has 0 aliphatic heterocycles. The molecule has 1 aromatic heterocycles. The van der Waals surface area contributed by atoms with Crippen molar-refractivity contribution in [3.63, 3.8) is 0 Å². The van der Waals surface area contributed by atoms with E-state index in [1.54, 1.807) is 37.7 Å². The normalized spacial score (nSPS) is 12.2. The summed E-state index contributed by atoms with van der Waals surface area (Å²) < 4.78 is 5.26. The van der Waals surface area contributed by atoms with E-state index in [4.69, 9.17) is 22.1 Å². The van der Waals surface area contributed by atoms with Crippen molar-refractivity contribution in [3.05, 3.63) is 53.1 Å². The van der Waals surface area contributed by atoms with Crippen LogP contribution in [0.1, 0.15) is 17.2 Å². The van der Waals surface area contributed by atoms with Crippen molar-refractivity contribution in [2.24, 2.45) is 5.73 Å². The molecule has 1 heterocycles. The molecular weight excluding hydrogens is 238 g/mol. The fourth-order valence-electron chi connectivity index (χ4n) is 1.60. The Balaban J connectivity index is 2.43. The first kappa shape index (κ1) is 11.8. The van der Waals surface area contributed by atoms with Gasteiger partial charge in [-0.05, 0) is 18.2 Å². The SMILES string of the molecule is COc1ccc(Cl)cc1C(N)c1cncnc1. The fourth-order valence-corrected chi connectivity index (χ4v) is 1.78. The predicted molar refractivity (Wildman–Crippen MR) is 66.1 cm³/mol. The second kappa shape index (κ2) is 5.12. The van der Waals surface area contributed by atoms with E-state index in [-0.39, 0.29) is 6.04 Å². The number of nitrogens with two attached hydrogens (primary N) is 1. The van der Waals surface area contributed by atoms with E-state index < -0.39 is 0 Å². The van der Waals surface area contributed by atoms with Crippen LogP contribution in [0.3, 0.4) is 0 Å². The number of methoxy groups -OCH3 is 1. The molecule has 17 heavy (non-hydrogen) atoms. The summed E-state index contributed by atoms with van der Waals surface area (Å²) in [5.74, 6) is 0.700. The second-order valence-electron chi connectivity index (χ2n) is 3.54. The summed E-state index contributed by atoms with van der Waals surface area (Å²) in [6, 6.07) is 4.99. The van der Waals surface area contributed by atoms with Gasteiger partial charge in [0.25, 0.3) is 0 Å². The Bertz CT molecular complexity index is 504. The minimum Gasteiger partial charge on any atom is -0.496 e. The van der Waals surface area contributed by atoms with Crippen molar-refractivity contribution in [1.82, 2.24) is 9.97 Å². The van der Waals surface area contributed by atoms with E-state index in [1.165, 1.54) is 6.33 Å². The first-order valence-corrected chi connectivity index (χ1v) is 5.44. The van der Waals surface area contributed by atoms with Gasteiger partial charge in [-0.1, -0.05) is 11.6 Å². The molecular formula is C12H12ClN3O. The molecule has 0 saturated heterocycles. The number of rotatable bonds is 3. The van der Waals surface area contributed by atoms with E-state index in [2.05, 4.69) is 9.97 Å². The zero-order valence-corrected chi connectivity index (χ0v) is 10.1. The van der Waals surface area contributed by atoms with Crippen LogP contribution in [0.25, 0.3) is 0 Å². The monoisotopic (exact) mass is 249 g/mol. The summed E-state index contributed by atoms with van der Waals surface area (Å²) in [6.07, 6.45) is 4.82. The van der Waals surface area contributed by atoms with E-state index in [0.29, 0.717) is 10.8 Å². The van der Waals surface area contributed by atoms with Gasteiger partial charge < -0.3 is 10.5 Å². The van der Waals surface area contributed by atoms with Gasteiger partial charge in [0.1, 0.15) is 12.1 Å². The van der Waals surface area contributed by atoms with Crippen LogP contribution in [-0.4, -0.2) is 17.1 Å². The van der Waals surface area contributed by atoms with E-state index >= 15 is 0 Å². The van der Waals surface area contributed by atoms with Crippen molar-refractivity contribution in [2.45, 2.75) is 6.04 Å². The fraction of sp³-hybridized carbons (Fsp3) is 0.167. The average Bonchev–Trinajstić information content (AvgIpc) is 2.39. The number of halogens is 1. The Morgan fingerprint density at radius 1 is 1.29 bits per heavy atom. The Morgan fingerprint density at radius 3 is 2.65 bits per heavy atom. The quantitative estimate of drug-likeness (QED) is 0.906. The third-order valence-electron chi connectivity index (χ3n) is 2.47. The smallest absolute Gasteiger partial charge is 0.124 e. The molecule has 0 aliphatic rings. The number of benzene rings is 1. The third kappa shape index (κ3) is 2.54. The highest BCUT2D eigenvalue weighted by atomic mass is 35.5. The van der Waals surface area contributed by atoms with Crippen LogP contribution in [0, 0.1) is 0 Å². The van der Waals surface area contributed by atoms with Gasteiger partial charge >= 0.3 is 0 Å². The van der Waals surface area contributed by atoms with Crippen LogP contribution in [0.4, 0.5) is 0 Å². The highest BCUT2D eigenvalue weighted by Gasteiger charge is 2.14. The first-order chi connectivity index (χ1) is 8.22. The van der Waals surface area contributed by atoms with E-state index in [1.807, 2.05) is 0 Å². The van der Waals surface area contributed by atoms with Gasteiger partial charge in [0.15, 0.2) is 0 Å². The van der Waals surface area contributed by atoms with E-state index in [9.17, 15) is 0 Å². The molecule has 1 aromatic carbocycles. The Hall–Kier alpha value is -1.65. The second-order valence-corrected chi connectivity index (χ2v) is 3.97. The Kier molecular flexibility index (Phi) is 3.56. The lowest BCUT2D eigenvalue weighted by molar-refractivity contribution is 0.408. The van der Waals surface area contributed by atoms with Crippen molar-refractivity contribution in [3.8, 4) is 5.75 Å². The maximum absolute atomic E-state index is 6.14. The zero-order valence-electron chi connectivity index (χ0n) is 9.30. The minimum atomic E-state index is -0.357. The van der Waals surface area contributed by atoms with Gasteiger partial charge in [-0.25, -0.2) is 9.97 Å². The van der Waals surface area contributed by atoms with Crippen molar-refractivity contribution in [1.29, 1.82) is 0 Å². The molecule has 0 spiro atoms. The van der Waals surface area contributed by atoms with Crippen molar-refractivity contribution >= 4 is 11.6 Å². The number of ether oxygens (including phenoxy) is 1. The summed E-state index contributed by atoms with van der Waals surface area (Å²) >= 11 is 5.96. The van der Waals surface area contributed by atoms with Crippen molar-refractivity contribution in [2.75, 3.05) is 7.11 Å². The summed E-state index contributed by atoms with van der Waals surface area (Å²) in [5, 5.41) is 0.619. The lowest BCUT2D eigenvalue weighted by Crippen LogP contribution is -2.13. The van der Waals surface area contributed by atoms with Gasteiger partial charge in [-0.2, -0.15) is 0 Å². The van der Waals surface area contributed by atoms with Gasteiger partial charge in [0.2, 0.25) is 0 Å². The minimum absolute atomic E-state index is 0.357. The molecule has 1 unspecified atom stereocenters. The number of aromatic nitrogens is 2. The molecule has 0 bridgehead atoms. The molecule has 1 atom stereocenters. The summed E-state index contributed by atoms with van der Waals surface area (Å²) in [6.45, 7) is 0. The van der Waals surface area contributed by atoms with Crippen LogP contribution in [0.5, 0.6) is 5.75 Å². The molecule has 0 saturated carbocycles. The molecule has 2 N–H and O–H groups in total. The molecule has 4 nitrogen and oxygen atoms in total. The third-order valence-corrected chi connectivity index (χ3v) is 2.70. The number of hydrogen-bond acceptors (Lipinski definition) is 4. The summed E-state index contributed by atoms with van der Waals surface area (Å²) in [4.78, 5) is 7.89. The van der Waals surface area contributed by atoms with Gasteiger partial charge in [-0.3, -0.25) is 0 Å². The van der Waals surface area contributed by atoms with Crippen LogP contribution < -0.4 is 10.5 Å². The number of hydrogen-bond donors (Lipinski definition) is 1. The molecule has 0 amide bonds. The highest BCUT2D eigenvalue weighted by molar-refractivity contribution is 6.30. The molecule has 0 aliphatic carbocycles. The van der Waals surface area contributed by atoms with Gasteiger partial charge in [0, 0.05) is 28.5 Å². The molecule has 2 rings (SSSR count). The zero-order chi connectivity index (χ0) is 12.3. The standard InChI is InChI=1S/C12H12ClN3O/c1-17-11-3-2-9(13)4-10(11)12(14)8-5-15-7-16-6-8/h2-7,12H,14H2,1H3. The lowest BCUT2D eigenvalue weighted by atomic mass is 10.0. The van der Waals surface area contributed by atoms with Crippen LogP contribution in [0.15, 0.2) is 36.9 Å². The largest absolute Gasteiger partial charge is 0.496 e. The molecule has 0 radical (unpaired) electrons. The Labute approximate surface area is 104 Å². The molecule has 0 fully saturated rings. The predicted octanol–water partition coefficient (Wildman–Crippen LogP) is 2.19. The molecule has 2 aromatic rings. The number of nitrogens with zero attached hydrogens (tertiary/aromatic N) is 2. The highest BCUT2D eigenvalue weighted by Crippen LogP contribution is 2.30. The maximum Gasteiger partial charge on any atom is 0.124 e.